The number of ketones is 1. The molecule has 0 aliphatic rings. The summed E-state index contributed by atoms with van der Waals surface area (Å²) in [4.78, 5) is 12.2. The van der Waals surface area contributed by atoms with Gasteiger partial charge >= 0.3 is 0 Å². The molecule has 0 aromatic heterocycles. The van der Waals surface area contributed by atoms with Gasteiger partial charge in [-0.1, -0.05) is 30.3 Å². The Morgan fingerprint density at radius 3 is 1.89 bits per heavy atom. The summed E-state index contributed by atoms with van der Waals surface area (Å²) < 4.78 is 0. The molecule has 0 aliphatic carbocycles. The molecule has 0 bridgehead atoms. The van der Waals surface area contributed by atoms with E-state index in [9.17, 15) is 4.79 Å². The Hall–Kier alpha value is -2.09. The molecule has 2 aromatic rings. The summed E-state index contributed by atoms with van der Waals surface area (Å²) in [6, 6.07) is 17.0. The van der Waals surface area contributed by atoms with Gasteiger partial charge in [-0.05, 0) is 45.0 Å². The minimum Gasteiger partial charge on any atom is -0.380 e. The Balaban J connectivity index is 2.17. The van der Waals surface area contributed by atoms with Gasteiger partial charge in [0.25, 0.3) is 0 Å². The molecule has 0 amide bonds. The summed E-state index contributed by atoms with van der Waals surface area (Å²) in [6.07, 6.45) is 0. The predicted molar refractivity (Wildman–Crippen MR) is 79.7 cm³/mol. The third kappa shape index (κ3) is 3.68. The van der Waals surface area contributed by atoms with E-state index in [0.717, 1.165) is 11.3 Å². The number of benzene rings is 2. The molecule has 2 heteroatoms. The van der Waals surface area contributed by atoms with Crippen LogP contribution in [0.5, 0.6) is 0 Å². The van der Waals surface area contributed by atoms with Crippen LogP contribution >= 0.6 is 0 Å². The van der Waals surface area contributed by atoms with Gasteiger partial charge in [-0.2, -0.15) is 0 Å². The van der Waals surface area contributed by atoms with E-state index in [4.69, 9.17) is 0 Å². The molecule has 0 saturated carbocycles. The highest BCUT2D eigenvalue weighted by Gasteiger charge is 2.11. The van der Waals surface area contributed by atoms with Crippen molar-refractivity contribution in [2.24, 2.45) is 0 Å². The first-order valence-corrected chi connectivity index (χ1v) is 6.44. The van der Waals surface area contributed by atoms with Gasteiger partial charge in [0.1, 0.15) is 0 Å². The van der Waals surface area contributed by atoms with E-state index >= 15 is 0 Å². The summed E-state index contributed by atoms with van der Waals surface area (Å²) in [6.45, 7) is 6.32. The zero-order chi connectivity index (χ0) is 13.9. The normalized spacial score (nSPS) is 11.1. The van der Waals surface area contributed by atoms with E-state index in [1.165, 1.54) is 0 Å². The van der Waals surface area contributed by atoms with E-state index in [1.807, 2.05) is 54.6 Å². The maximum Gasteiger partial charge on any atom is 0.193 e. The van der Waals surface area contributed by atoms with E-state index in [1.54, 1.807) is 0 Å². The fourth-order valence-corrected chi connectivity index (χ4v) is 1.89. The van der Waals surface area contributed by atoms with Gasteiger partial charge in [-0.3, -0.25) is 4.79 Å². The van der Waals surface area contributed by atoms with Crippen molar-refractivity contribution in [2.75, 3.05) is 5.32 Å². The van der Waals surface area contributed by atoms with Crippen LogP contribution in [0.2, 0.25) is 0 Å². The number of carbonyl (C=O) groups excluding carboxylic acids is 1. The second kappa shape index (κ2) is 5.27. The van der Waals surface area contributed by atoms with Gasteiger partial charge in [0.2, 0.25) is 0 Å². The fourth-order valence-electron chi connectivity index (χ4n) is 1.89. The van der Waals surface area contributed by atoms with E-state index in [2.05, 4.69) is 26.1 Å². The average Bonchev–Trinajstić information content (AvgIpc) is 2.38. The minimum atomic E-state index is 0.0188. The van der Waals surface area contributed by atoms with Crippen LogP contribution in [0.3, 0.4) is 0 Å². The minimum absolute atomic E-state index is 0.0188. The Morgan fingerprint density at radius 1 is 0.842 bits per heavy atom. The van der Waals surface area contributed by atoms with E-state index in [-0.39, 0.29) is 11.3 Å². The molecule has 2 rings (SSSR count). The zero-order valence-electron chi connectivity index (χ0n) is 11.6. The second-order valence-corrected chi connectivity index (χ2v) is 5.65. The third-order valence-corrected chi connectivity index (χ3v) is 2.70. The van der Waals surface area contributed by atoms with Crippen LogP contribution in [0, 0.1) is 0 Å². The van der Waals surface area contributed by atoms with Gasteiger partial charge < -0.3 is 5.32 Å². The Labute approximate surface area is 114 Å². The van der Waals surface area contributed by atoms with E-state index in [0.29, 0.717) is 5.56 Å². The van der Waals surface area contributed by atoms with Crippen molar-refractivity contribution in [1.82, 2.24) is 0 Å². The van der Waals surface area contributed by atoms with Crippen molar-refractivity contribution in [3.05, 3.63) is 65.7 Å². The molecule has 0 atom stereocenters. The van der Waals surface area contributed by atoms with Gasteiger partial charge in [-0.25, -0.2) is 0 Å². The number of hydrogen-bond acceptors (Lipinski definition) is 2. The summed E-state index contributed by atoms with van der Waals surface area (Å²) in [5.74, 6) is 0.0582. The van der Waals surface area contributed by atoms with Gasteiger partial charge in [0.15, 0.2) is 5.78 Å². The molecule has 2 aromatic carbocycles. The molecule has 0 heterocycles. The molecule has 2 nitrogen and oxygen atoms in total. The Morgan fingerprint density at radius 2 is 1.37 bits per heavy atom. The largest absolute Gasteiger partial charge is 0.380 e. The lowest BCUT2D eigenvalue weighted by molar-refractivity contribution is 0.103. The smallest absolute Gasteiger partial charge is 0.193 e. The molecule has 0 aliphatic heterocycles. The first-order chi connectivity index (χ1) is 8.96. The lowest BCUT2D eigenvalue weighted by atomic mass is 10.0. The van der Waals surface area contributed by atoms with Crippen molar-refractivity contribution < 1.29 is 4.79 Å². The molecule has 19 heavy (non-hydrogen) atoms. The number of anilines is 1. The van der Waals surface area contributed by atoms with Crippen LogP contribution in [0.15, 0.2) is 54.6 Å². The van der Waals surface area contributed by atoms with Gasteiger partial charge in [-0.15, -0.1) is 0 Å². The van der Waals surface area contributed by atoms with Crippen LogP contribution in [-0.2, 0) is 0 Å². The monoisotopic (exact) mass is 253 g/mol. The van der Waals surface area contributed by atoms with Crippen LogP contribution in [0.4, 0.5) is 5.69 Å². The van der Waals surface area contributed by atoms with Crippen molar-refractivity contribution >= 4 is 11.5 Å². The number of rotatable bonds is 3. The van der Waals surface area contributed by atoms with Crippen molar-refractivity contribution in [2.45, 2.75) is 26.3 Å². The predicted octanol–water partition coefficient (Wildman–Crippen LogP) is 4.13. The first kappa shape index (κ1) is 13.3. The molecular formula is C17H19NO. The SMILES string of the molecule is CC(C)(C)Nc1ccc(C(=O)c2ccccc2)cc1. The maximum absolute atomic E-state index is 12.2. The van der Waals surface area contributed by atoms with Crippen molar-refractivity contribution in [3.8, 4) is 0 Å². The lowest BCUT2D eigenvalue weighted by Crippen LogP contribution is -2.25. The summed E-state index contributed by atoms with van der Waals surface area (Å²) in [5.41, 5.74) is 2.48. The standard InChI is InChI=1S/C17H19NO/c1-17(2,3)18-15-11-9-14(10-12-15)16(19)13-7-5-4-6-8-13/h4-12,18H,1-3H3. The highest BCUT2D eigenvalue weighted by molar-refractivity contribution is 6.09. The molecular weight excluding hydrogens is 234 g/mol. The summed E-state index contributed by atoms with van der Waals surface area (Å²) >= 11 is 0. The van der Waals surface area contributed by atoms with Crippen molar-refractivity contribution in [1.29, 1.82) is 0 Å². The summed E-state index contributed by atoms with van der Waals surface area (Å²) in [5, 5.41) is 3.38. The van der Waals surface area contributed by atoms with Crippen LogP contribution < -0.4 is 5.32 Å². The van der Waals surface area contributed by atoms with Crippen LogP contribution in [-0.4, -0.2) is 11.3 Å². The molecule has 0 unspecified atom stereocenters. The van der Waals surface area contributed by atoms with Crippen LogP contribution in [0.25, 0.3) is 0 Å². The molecule has 0 spiro atoms. The number of nitrogens with one attached hydrogen (secondary N) is 1. The zero-order valence-corrected chi connectivity index (χ0v) is 11.6. The Kier molecular flexibility index (Phi) is 3.70. The topological polar surface area (TPSA) is 29.1 Å². The van der Waals surface area contributed by atoms with Gasteiger partial charge in [0, 0.05) is 22.4 Å². The quantitative estimate of drug-likeness (QED) is 0.833. The van der Waals surface area contributed by atoms with Crippen LogP contribution in [0.1, 0.15) is 36.7 Å². The highest BCUT2D eigenvalue weighted by Crippen LogP contribution is 2.17. The highest BCUT2D eigenvalue weighted by atomic mass is 16.1. The molecule has 98 valence electrons. The summed E-state index contributed by atoms with van der Waals surface area (Å²) in [7, 11) is 0. The molecule has 0 fully saturated rings. The lowest BCUT2D eigenvalue weighted by Gasteiger charge is -2.22. The van der Waals surface area contributed by atoms with Gasteiger partial charge in [0.05, 0.1) is 0 Å². The molecule has 0 saturated heterocycles. The first-order valence-electron chi connectivity index (χ1n) is 6.44. The average molecular weight is 253 g/mol. The fraction of sp³-hybridized carbons (Fsp3) is 0.235. The van der Waals surface area contributed by atoms with Crippen molar-refractivity contribution in [3.63, 3.8) is 0 Å². The van der Waals surface area contributed by atoms with E-state index < -0.39 is 0 Å². The Bertz CT molecular complexity index is 550. The molecule has 1 N–H and O–H groups in total. The maximum atomic E-state index is 12.2. The second-order valence-electron chi connectivity index (χ2n) is 5.65. The number of carbonyl (C=O) groups is 1. The number of hydrogen-bond donors (Lipinski definition) is 1. The molecule has 0 radical (unpaired) electrons. The third-order valence-electron chi connectivity index (χ3n) is 2.70.